The maximum Gasteiger partial charge on any atom is 0.141 e. The lowest BCUT2D eigenvalue weighted by Crippen LogP contribution is -2.15. The molecule has 3 rings (SSSR count). The van der Waals surface area contributed by atoms with E-state index in [1.54, 1.807) is 0 Å². The van der Waals surface area contributed by atoms with Gasteiger partial charge in [0.15, 0.2) is 0 Å². The van der Waals surface area contributed by atoms with Crippen LogP contribution in [0.1, 0.15) is 38.5 Å². The van der Waals surface area contributed by atoms with E-state index < -0.39 is 0 Å². The second kappa shape index (κ2) is 5.27. The van der Waals surface area contributed by atoms with Crippen LogP contribution in [0.4, 0.5) is 0 Å². The number of hydrogen-bond donors (Lipinski definition) is 0. The van der Waals surface area contributed by atoms with Gasteiger partial charge in [-0.1, -0.05) is 39.1 Å². The van der Waals surface area contributed by atoms with E-state index in [0.29, 0.717) is 11.7 Å². The summed E-state index contributed by atoms with van der Waals surface area (Å²) in [7, 11) is 2.76. The first-order valence-corrected chi connectivity index (χ1v) is 7.70. The minimum atomic E-state index is 0.264. The molecule has 0 aromatic heterocycles. The van der Waals surface area contributed by atoms with E-state index in [-0.39, 0.29) is 5.92 Å². The second-order valence-electron chi connectivity index (χ2n) is 5.82. The van der Waals surface area contributed by atoms with E-state index in [4.69, 9.17) is 0 Å². The van der Waals surface area contributed by atoms with Crippen molar-refractivity contribution in [2.75, 3.05) is 13.1 Å². The Bertz CT molecular complexity index is 413. The zero-order chi connectivity index (χ0) is 12.5. The molecule has 0 N–H and O–H groups in total. The van der Waals surface area contributed by atoms with Crippen LogP contribution in [0.25, 0.3) is 0 Å². The molecule has 1 heterocycles. The standard InChI is InChI=1S/C15H22NOP/c17-14-7-8-16(18)10-13-12(15(13)14)9-11-5-3-1-2-4-6-11/h5,9,13,15H,1-4,6-8,10,18H2/b12-9-. The fourth-order valence-electron chi connectivity index (χ4n) is 3.30. The van der Waals surface area contributed by atoms with Gasteiger partial charge in [0.1, 0.15) is 5.78 Å². The second-order valence-corrected chi connectivity index (χ2v) is 6.55. The summed E-state index contributed by atoms with van der Waals surface area (Å²) in [5.74, 6) is 1.24. The van der Waals surface area contributed by atoms with Gasteiger partial charge in [0, 0.05) is 31.3 Å². The zero-order valence-electron chi connectivity index (χ0n) is 10.9. The number of carbonyl (C=O) groups excluding carboxylic acids is 1. The van der Waals surface area contributed by atoms with Crippen molar-refractivity contribution in [1.82, 2.24) is 4.67 Å². The fraction of sp³-hybridized carbons (Fsp3) is 0.667. The van der Waals surface area contributed by atoms with E-state index in [1.807, 2.05) is 0 Å². The van der Waals surface area contributed by atoms with Crippen molar-refractivity contribution < 1.29 is 4.79 Å². The van der Waals surface area contributed by atoms with Crippen molar-refractivity contribution in [1.29, 1.82) is 0 Å². The molecule has 0 radical (unpaired) electrons. The minimum Gasteiger partial charge on any atom is -0.299 e. The third kappa shape index (κ3) is 2.60. The van der Waals surface area contributed by atoms with Crippen molar-refractivity contribution in [3.8, 4) is 0 Å². The highest BCUT2D eigenvalue weighted by molar-refractivity contribution is 7.13. The lowest BCUT2D eigenvalue weighted by Gasteiger charge is -2.12. The molecule has 3 aliphatic rings. The van der Waals surface area contributed by atoms with Gasteiger partial charge in [-0.25, -0.2) is 0 Å². The first-order chi connectivity index (χ1) is 8.75. The van der Waals surface area contributed by atoms with Crippen LogP contribution in [-0.2, 0) is 4.79 Å². The summed E-state index contributed by atoms with van der Waals surface area (Å²) in [5, 5.41) is 0. The SMILES string of the molecule is O=C1CCN(P)CC2/C(=C/C3=CCCCCC3)C12. The molecular weight excluding hydrogens is 241 g/mol. The van der Waals surface area contributed by atoms with Crippen LogP contribution < -0.4 is 0 Å². The summed E-state index contributed by atoms with van der Waals surface area (Å²) in [4.78, 5) is 12.0. The summed E-state index contributed by atoms with van der Waals surface area (Å²) in [6.45, 7) is 1.95. The molecule has 0 aromatic rings. The molecule has 3 unspecified atom stereocenters. The Hall–Kier alpha value is -0.460. The summed E-state index contributed by atoms with van der Waals surface area (Å²) in [5.41, 5.74) is 2.90. The molecule has 0 amide bonds. The van der Waals surface area contributed by atoms with Crippen molar-refractivity contribution in [3.05, 3.63) is 23.3 Å². The Morgan fingerprint density at radius 3 is 3.06 bits per heavy atom. The van der Waals surface area contributed by atoms with Gasteiger partial charge < -0.3 is 0 Å². The average molecular weight is 263 g/mol. The first kappa shape index (κ1) is 12.6. The minimum absolute atomic E-state index is 0.264. The van der Waals surface area contributed by atoms with Crippen LogP contribution in [0, 0.1) is 11.8 Å². The largest absolute Gasteiger partial charge is 0.299 e. The maximum atomic E-state index is 12.0. The first-order valence-electron chi connectivity index (χ1n) is 7.18. The zero-order valence-corrected chi connectivity index (χ0v) is 12.1. The molecule has 1 saturated heterocycles. The highest BCUT2D eigenvalue weighted by Gasteiger charge is 2.50. The van der Waals surface area contributed by atoms with E-state index in [2.05, 4.69) is 26.2 Å². The highest BCUT2D eigenvalue weighted by atomic mass is 31.0. The van der Waals surface area contributed by atoms with Crippen LogP contribution in [0.3, 0.4) is 0 Å². The number of rotatable bonds is 1. The lowest BCUT2D eigenvalue weighted by atomic mass is 10.1. The molecule has 0 bridgehead atoms. The van der Waals surface area contributed by atoms with E-state index in [1.165, 1.54) is 43.3 Å². The van der Waals surface area contributed by atoms with Crippen LogP contribution in [-0.4, -0.2) is 23.5 Å². The van der Waals surface area contributed by atoms with Crippen LogP contribution in [0.2, 0.25) is 0 Å². The Morgan fingerprint density at radius 2 is 2.17 bits per heavy atom. The molecule has 18 heavy (non-hydrogen) atoms. The third-order valence-electron chi connectivity index (χ3n) is 4.43. The third-order valence-corrected chi connectivity index (χ3v) is 4.90. The molecule has 1 saturated carbocycles. The Kier molecular flexibility index (Phi) is 3.68. The van der Waals surface area contributed by atoms with Crippen LogP contribution in [0.15, 0.2) is 23.3 Å². The number of carbonyl (C=O) groups is 1. The summed E-state index contributed by atoms with van der Waals surface area (Å²) in [6.07, 6.45) is 11.9. The molecule has 2 fully saturated rings. The van der Waals surface area contributed by atoms with E-state index >= 15 is 0 Å². The van der Waals surface area contributed by atoms with Gasteiger partial charge in [-0.2, -0.15) is 0 Å². The Balaban J connectivity index is 1.74. The Labute approximate surface area is 112 Å². The molecule has 2 nitrogen and oxygen atoms in total. The predicted molar refractivity (Wildman–Crippen MR) is 77.1 cm³/mol. The van der Waals surface area contributed by atoms with Crippen molar-refractivity contribution in [3.63, 3.8) is 0 Å². The number of Topliss-reactive ketones (excluding diaryl/α,β-unsaturated/α-hetero) is 1. The molecular formula is C15H22NOP. The number of fused-ring (bicyclic) bond motifs is 1. The number of ketones is 1. The van der Waals surface area contributed by atoms with Crippen molar-refractivity contribution >= 4 is 15.2 Å². The van der Waals surface area contributed by atoms with Crippen LogP contribution >= 0.6 is 9.39 Å². The number of hydrogen-bond acceptors (Lipinski definition) is 2. The van der Waals surface area contributed by atoms with E-state index in [0.717, 1.165) is 19.5 Å². The molecule has 2 aliphatic carbocycles. The molecule has 1 aliphatic heterocycles. The molecule has 3 heteroatoms. The van der Waals surface area contributed by atoms with Crippen molar-refractivity contribution in [2.45, 2.75) is 38.5 Å². The average Bonchev–Trinajstić information content (AvgIpc) is 3.08. The lowest BCUT2D eigenvalue weighted by molar-refractivity contribution is -0.119. The normalized spacial score (nSPS) is 35.7. The Morgan fingerprint density at radius 1 is 1.28 bits per heavy atom. The van der Waals surface area contributed by atoms with Crippen molar-refractivity contribution in [2.24, 2.45) is 11.8 Å². The fourth-order valence-corrected chi connectivity index (χ4v) is 3.65. The quantitative estimate of drug-likeness (QED) is 0.677. The van der Waals surface area contributed by atoms with Gasteiger partial charge in [-0.05, 0) is 25.7 Å². The molecule has 0 aromatic carbocycles. The van der Waals surface area contributed by atoms with Gasteiger partial charge in [0.2, 0.25) is 0 Å². The molecule has 0 spiro atoms. The summed E-state index contributed by atoms with van der Waals surface area (Å²) < 4.78 is 2.23. The van der Waals surface area contributed by atoms with Crippen LogP contribution in [0.5, 0.6) is 0 Å². The van der Waals surface area contributed by atoms with Gasteiger partial charge in [-0.3, -0.25) is 9.46 Å². The molecule has 98 valence electrons. The van der Waals surface area contributed by atoms with Gasteiger partial charge in [-0.15, -0.1) is 0 Å². The maximum absolute atomic E-state index is 12.0. The number of nitrogens with zero attached hydrogens (tertiary/aromatic N) is 1. The van der Waals surface area contributed by atoms with Gasteiger partial charge >= 0.3 is 0 Å². The topological polar surface area (TPSA) is 20.3 Å². The smallest absolute Gasteiger partial charge is 0.141 e. The summed E-state index contributed by atoms with van der Waals surface area (Å²) >= 11 is 0. The van der Waals surface area contributed by atoms with Gasteiger partial charge in [0.25, 0.3) is 0 Å². The van der Waals surface area contributed by atoms with E-state index in [9.17, 15) is 4.79 Å². The van der Waals surface area contributed by atoms with Gasteiger partial charge in [0.05, 0.1) is 0 Å². The predicted octanol–water partition coefficient (Wildman–Crippen LogP) is 3.11. The monoisotopic (exact) mass is 263 g/mol. The molecule has 3 atom stereocenters. The highest BCUT2D eigenvalue weighted by Crippen LogP contribution is 2.50. The number of allylic oxidation sites excluding steroid dienone is 3. The summed E-state index contributed by atoms with van der Waals surface area (Å²) in [6, 6.07) is 0.